The molecule has 6 heteroatoms. The van der Waals surface area contributed by atoms with Gasteiger partial charge in [-0.3, -0.25) is 0 Å². The Bertz CT molecular complexity index is 4330. The Kier molecular flexibility index (Phi) is 7.79. The van der Waals surface area contributed by atoms with Crippen LogP contribution in [0.5, 0.6) is 0 Å². The predicted octanol–water partition coefficient (Wildman–Crippen LogP) is 17.2. The number of rotatable bonds is 5. The molecule has 0 unspecified atom stereocenters. The van der Waals surface area contributed by atoms with Gasteiger partial charge < -0.3 is 4.57 Å². The van der Waals surface area contributed by atoms with Gasteiger partial charge in [-0.2, -0.15) is 0 Å². The van der Waals surface area contributed by atoms with Crippen LogP contribution in [-0.4, -0.2) is 19.5 Å². The van der Waals surface area contributed by atoms with Crippen molar-refractivity contribution in [2.75, 3.05) is 0 Å². The first-order valence-corrected chi connectivity index (χ1v) is 24.2. The Morgan fingerprint density at radius 3 is 1.57 bits per heavy atom. The predicted molar refractivity (Wildman–Crippen MR) is 284 cm³/mol. The lowest BCUT2D eigenvalue weighted by Gasteiger charge is -2.10. The van der Waals surface area contributed by atoms with E-state index in [9.17, 15) is 0 Å². The summed E-state index contributed by atoms with van der Waals surface area (Å²) in [4.78, 5) is 15.0. The second-order valence-corrected chi connectivity index (χ2v) is 19.7. The fourth-order valence-electron chi connectivity index (χ4n) is 10.7. The van der Waals surface area contributed by atoms with E-state index in [1.165, 1.54) is 106 Å². The highest BCUT2D eigenvalue weighted by atomic mass is 32.1. The Balaban J connectivity index is 0.859. The average molecular weight is 887 g/mol. The molecular formula is C61H34N4S2. The highest BCUT2D eigenvalue weighted by molar-refractivity contribution is 7.26. The van der Waals surface area contributed by atoms with Crippen LogP contribution in [0.15, 0.2) is 206 Å². The van der Waals surface area contributed by atoms with E-state index < -0.39 is 0 Å². The Labute approximate surface area is 392 Å². The van der Waals surface area contributed by atoms with Crippen molar-refractivity contribution in [1.82, 2.24) is 19.5 Å². The lowest BCUT2D eigenvalue weighted by atomic mass is 9.96. The molecule has 4 heterocycles. The summed E-state index contributed by atoms with van der Waals surface area (Å²) >= 11 is 3.72. The second kappa shape index (κ2) is 14.1. The summed E-state index contributed by atoms with van der Waals surface area (Å²) in [5.41, 5.74) is 14.2. The summed E-state index contributed by atoms with van der Waals surface area (Å²) in [7, 11) is 0. The van der Waals surface area contributed by atoms with Crippen LogP contribution >= 0.6 is 22.7 Å². The number of nitrogens with zero attached hydrogens (tertiary/aromatic N) is 4. The smallest absolute Gasteiger partial charge is 0.164 e. The first kappa shape index (κ1) is 37.0. The van der Waals surface area contributed by atoms with Crippen molar-refractivity contribution in [3.05, 3.63) is 206 Å². The molecule has 0 fully saturated rings. The minimum atomic E-state index is 0.655. The molecule has 4 aromatic heterocycles. The number of aromatic nitrogens is 4. The molecule has 67 heavy (non-hydrogen) atoms. The van der Waals surface area contributed by atoms with E-state index in [1.54, 1.807) is 0 Å². The number of benzene rings is 10. The standard InChI is InChI=1S/C61H34N4S2/c1-3-12-35(13-4-1)59-62-60(36-14-5-2-6-15-36)64-61(63-59)39-24-28-53-47(32-39)48-33-40(25-29-54(48)66-53)65-51-21-10-9-18-43(51)46-30-37(22-26-52(46)65)38-23-27-55-50(31-38)58-45-20-11-19-44-41-16-7-8-17-42(41)49(57(44)45)34-56(58)67-55/h1-34H. The summed E-state index contributed by atoms with van der Waals surface area (Å²) in [6.07, 6.45) is 0. The van der Waals surface area contributed by atoms with E-state index in [-0.39, 0.29) is 0 Å². The van der Waals surface area contributed by atoms with Crippen molar-refractivity contribution in [2.24, 2.45) is 0 Å². The van der Waals surface area contributed by atoms with E-state index in [0.29, 0.717) is 17.5 Å². The average Bonchev–Trinajstić information content (AvgIpc) is 4.14. The molecule has 10 aromatic carbocycles. The molecule has 0 N–H and O–H groups in total. The molecule has 310 valence electrons. The molecule has 15 rings (SSSR count). The molecule has 0 saturated carbocycles. The zero-order valence-electron chi connectivity index (χ0n) is 35.7. The van der Waals surface area contributed by atoms with Gasteiger partial charge in [0, 0.05) is 73.5 Å². The van der Waals surface area contributed by atoms with Crippen LogP contribution in [0.2, 0.25) is 0 Å². The maximum Gasteiger partial charge on any atom is 0.164 e. The van der Waals surface area contributed by atoms with Gasteiger partial charge in [0.25, 0.3) is 0 Å². The van der Waals surface area contributed by atoms with Gasteiger partial charge in [0.05, 0.1) is 11.0 Å². The molecule has 14 aromatic rings. The summed E-state index contributed by atoms with van der Waals surface area (Å²) in [5, 5.41) is 10.3. The van der Waals surface area contributed by atoms with Gasteiger partial charge >= 0.3 is 0 Å². The normalized spacial score (nSPS) is 12.2. The van der Waals surface area contributed by atoms with Crippen molar-refractivity contribution in [2.45, 2.75) is 0 Å². The van der Waals surface area contributed by atoms with Gasteiger partial charge in [0.1, 0.15) is 0 Å². The van der Waals surface area contributed by atoms with Gasteiger partial charge in [-0.1, -0.05) is 133 Å². The summed E-state index contributed by atoms with van der Waals surface area (Å²) in [6, 6.07) is 74.9. The van der Waals surface area contributed by atoms with E-state index in [2.05, 4.69) is 174 Å². The van der Waals surface area contributed by atoms with Crippen LogP contribution in [0.3, 0.4) is 0 Å². The van der Waals surface area contributed by atoms with Gasteiger partial charge in [-0.25, -0.2) is 15.0 Å². The Morgan fingerprint density at radius 1 is 0.284 bits per heavy atom. The Hall–Kier alpha value is -8.29. The summed E-state index contributed by atoms with van der Waals surface area (Å²) in [5.74, 6) is 1.97. The summed E-state index contributed by atoms with van der Waals surface area (Å²) < 4.78 is 7.56. The number of hydrogen-bond donors (Lipinski definition) is 0. The largest absolute Gasteiger partial charge is 0.309 e. The van der Waals surface area contributed by atoms with E-state index in [0.717, 1.165) is 22.4 Å². The summed E-state index contributed by atoms with van der Waals surface area (Å²) in [6.45, 7) is 0. The van der Waals surface area contributed by atoms with Crippen LogP contribution in [0.1, 0.15) is 0 Å². The molecule has 4 nitrogen and oxygen atoms in total. The molecule has 0 saturated heterocycles. The van der Waals surface area contributed by atoms with Crippen molar-refractivity contribution < 1.29 is 0 Å². The van der Waals surface area contributed by atoms with Crippen molar-refractivity contribution in [3.63, 3.8) is 0 Å². The maximum atomic E-state index is 5.06. The second-order valence-electron chi connectivity index (χ2n) is 17.5. The zero-order chi connectivity index (χ0) is 43.7. The maximum absolute atomic E-state index is 5.06. The van der Waals surface area contributed by atoms with Crippen molar-refractivity contribution in [1.29, 1.82) is 0 Å². The molecule has 0 spiro atoms. The highest BCUT2D eigenvalue weighted by Crippen LogP contribution is 2.52. The van der Waals surface area contributed by atoms with E-state index in [1.807, 2.05) is 59.1 Å². The van der Waals surface area contributed by atoms with Gasteiger partial charge in [0.15, 0.2) is 17.5 Å². The van der Waals surface area contributed by atoms with Crippen LogP contribution in [0.4, 0.5) is 0 Å². The van der Waals surface area contributed by atoms with Gasteiger partial charge in [-0.05, 0) is 117 Å². The fraction of sp³-hybridized carbons (Fsp3) is 0. The zero-order valence-corrected chi connectivity index (χ0v) is 37.4. The van der Waals surface area contributed by atoms with Gasteiger partial charge in [0.2, 0.25) is 0 Å². The third kappa shape index (κ3) is 5.55. The molecule has 0 radical (unpaired) electrons. The molecule has 0 atom stereocenters. The Morgan fingerprint density at radius 2 is 0.806 bits per heavy atom. The van der Waals surface area contributed by atoms with Gasteiger partial charge in [-0.15, -0.1) is 22.7 Å². The molecule has 0 bridgehead atoms. The highest BCUT2D eigenvalue weighted by Gasteiger charge is 2.24. The van der Waals surface area contributed by atoms with Crippen LogP contribution in [0.25, 0.3) is 146 Å². The minimum absolute atomic E-state index is 0.655. The molecular weight excluding hydrogens is 853 g/mol. The molecule has 1 aliphatic carbocycles. The van der Waals surface area contributed by atoms with Crippen molar-refractivity contribution >= 4 is 95.6 Å². The number of hydrogen-bond acceptors (Lipinski definition) is 5. The lowest BCUT2D eigenvalue weighted by molar-refractivity contribution is 1.07. The molecule has 0 aliphatic heterocycles. The van der Waals surface area contributed by atoms with Crippen LogP contribution < -0.4 is 0 Å². The third-order valence-electron chi connectivity index (χ3n) is 13.8. The SMILES string of the molecule is c1ccc(-c2nc(-c3ccccc3)nc(-c3ccc4sc5ccc(-n6c7ccccc7c7cc(-c8ccc9sc%10cc%11c%12c(cccc%12c%10c9c8)-c8ccccc8-%11)ccc76)cc5c4c3)n2)cc1. The quantitative estimate of drug-likeness (QED) is 0.173. The van der Waals surface area contributed by atoms with Crippen molar-refractivity contribution in [3.8, 4) is 73.2 Å². The number of para-hydroxylation sites is 1. The van der Waals surface area contributed by atoms with Crippen LogP contribution in [0, 0.1) is 0 Å². The minimum Gasteiger partial charge on any atom is -0.309 e. The first-order chi connectivity index (χ1) is 33.2. The third-order valence-corrected chi connectivity index (χ3v) is 16.0. The lowest BCUT2D eigenvalue weighted by Crippen LogP contribution is -2.00. The topological polar surface area (TPSA) is 43.6 Å². The molecule has 1 aliphatic rings. The van der Waals surface area contributed by atoms with Crippen LogP contribution in [-0.2, 0) is 0 Å². The van der Waals surface area contributed by atoms with E-state index >= 15 is 0 Å². The number of fused-ring (bicyclic) bond motifs is 13. The fourth-order valence-corrected chi connectivity index (χ4v) is 12.9. The first-order valence-electron chi connectivity index (χ1n) is 22.6. The molecule has 0 amide bonds. The monoisotopic (exact) mass is 886 g/mol. The van der Waals surface area contributed by atoms with E-state index in [4.69, 9.17) is 15.0 Å². The number of thiophene rings is 2.